The number of aromatic nitrogens is 2. The number of urea groups is 1. The van der Waals surface area contributed by atoms with Gasteiger partial charge >= 0.3 is 6.03 Å². The first-order valence-corrected chi connectivity index (χ1v) is 20.9. The molecule has 6 aliphatic rings. The Balaban J connectivity index is 0.783. The number of amides is 5. The number of carbonyl (C=O) groups is 4. The summed E-state index contributed by atoms with van der Waals surface area (Å²) < 4.78 is 0. The highest BCUT2D eigenvalue weighted by Crippen LogP contribution is 2.41. The number of piperidine rings is 2. The van der Waals surface area contributed by atoms with Crippen LogP contribution in [0.1, 0.15) is 62.4 Å². The number of halogens is 1. The molecule has 0 spiro atoms. The smallest absolute Gasteiger partial charge is 0.320 e. The molecule has 4 saturated heterocycles. The number of para-hydroxylation sites is 1. The Morgan fingerprint density at radius 2 is 1.74 bits per heavy atom. The van der Waals surface area contributed by atoms with E-state index in [4.69, 9.17) is 11.6 Å². The minimum Gasteiger partial charge on any atom is -0.506 e. The number of phenolic OH excluding ortho intramolecular Hbond substituents is 1. The number of benzene rings is 2. The summed E-state index contributed by atoms with van der Waals surface area (Å²) in [7, 11) is 0. The number of rotatable bonds is 5. The molecule has 306 valence electrons. The van der Waals surface area contributed by atoms with Gasteiger partial charge in [-0.25, -0.2) is 4.79 Å². The molecule has 0 aliphatic carbocycles. The summed E-state index contributed by atoms with van der Waals surface area (Å²) in [5, 5.41) is 25.5. The molecule has 16 heteroatoms. The molecule has 7 heterocycles. The van der Waals surface area contributed by atoms with Gasteiger partial charge in [0.1, 0.15) is 11.8 Å². The van der Waals surface area contributed by atoms with Crippen LogP contribution in [0, 0.1) is 5.92 Å². The summed E-state index contributed by atoms with van der Waals surface area (Å²) in [4.78, 5) is 64.8. The quantitative estimate of drug-likeness (QED) is 0.320. The second-order valence-corrected chi connectivity index (χ2v) is 17.7. The second kappa shape index (κ2) is 14.9. The summed E-state index contributed by atoms with van der Waals surface area (Å²) in [5.41, 5.74) is 4.18. The number of hydrogen-bond acceptors (Lipinski definition) is 11. The molecule has 5 amide bonds. The van der Waals surface area contributed by atoms with E-state index in [1.807, 2.05) is 23.1 Å². The molecule has 4 fully saturated rings. The summed E-state index contributed by atoms with van der Waals surface area (Å²) in [6.07, 6.45) is 2.69. The van der Waals surface area contributed by atoms with E-state index >= 15 is 0 Å². The maximum absolute atomic E-state index is 14.3. The maximum Gasteiger partial charge on any atom is 0.320 e. The Morgan fingerprint density at radius 3 is 2.50 bits per heavy atom. The Morgan fingerprint density at radius 1 is 0.966 bits per heavy atom. The van der Waals surface area contributed by atoms with Crippen molar-refractivity contribution < 1.29 is 24.3 Å². The highest BCUT2D eigenvalue weighted by Gasteiger charge is 2.46. The molecule has 6 aliphatic heterocycles. The van der Waals surface area contributed by atoms with E-state index in [1.165, 1.54) is 0 Å². The first-order valence-electron chi connectivity index (χ1n) is 20.6. The lowest BCUT2D eigenvalue weighted by atomic mass is 9.92. The number of nitrogens with one attached hydrogen (secondary N) is 2. The highest BCUT2D eigenvalue weighted by molar-refractivity contribution is 6.32. The van der Waals surface area contributed by atoms with E-state index in [1.54, 1.807) is 23.1 Å². The van der Waals surface area contributed by atoms with Gasteiger partial charge in [-0.3, -0.25) is 24.6 Å². The minimum atomic E-state index is -0.612. The fourth-order valence-corrected chi connectivity index (χ4v) is 10.4. The fraction of sp³-hybridized carbons (Fsp3) is 0.524. The van der Waals surface area contributed by atoms with Gasteiger partial charge in [0.15, 0.2) is 5.82 Å². The van der Waals surface area contributed by atoms with E-state index in [0.29, 0.717) is 67.7 Å². The monoisotopic (exact) mass is 810 g/mol. The molecule has 3 N–H and O–H groups in total. The summed E-state index contributed by atoms with van der Waals surface area (Å²) in [6.45, 7) is 13.8. The van der Waals surface area contributed by atoms with Gasteiger partial charge in [0.2, 0.25) is 11.8 Å². The van der Waals surface area contributed by atoms with Crippen LogP contribution in [0.25, 0.3) is 11.3 Å². The number of fused-ring (bicyclic) bond motifs is 4. The van der Waals surface area contributed by atoms with Crippen molar-refractivity contribution >= 4 is 52.5 Å². The lowest BCUT2D eigenvalue weighted by molar-refractivity contribution is -0.136. The molecule has 9 rings (SSSR count). The van der Waals surface area contributed by atoms with E-state index in [-0.39, 0.29) is 58.6 Å². The van der Waals surface area contributed by atoms with Crippen LogP contribution in [-0.4, -0.2) is 141 Å². The maximum atomic E-state index is 14.3. The third kappa shape index (κ3) is 6.85. The van der Waals surface area contributed by atoms with Crippen molar-refractivity contribution in [3.05, 3.63) is 58.6 Å². The first kappa shape index (κ1) is 38.4. The van der Waals surface area contributed by atoms with Gasteiger partial charge in [0.25, 0.3) is 5.91 Å². The molecule has 0 saturated carbocycles. The van der Waals surface area contributed by atoms with E-state index in [0.717, 1.165) is 62.5 Å². The van der Waals surface area contributed by atoms with Crippen molar-refractivity contribution in [2.24, 2.45) is 5.92 Å². The van der Waals surface area contributed by atoms with Crippen LogP contribution in [-0.2, 0) is 16.1 Å². The third-order valence-corrected chi connectivity index (χ3v) is 13.5. The lowest BCUT2D eigenvalue weighted by Gasteiger charge is -2.54. The van der Waals surface area contributed by atoms with Gasteiger partial charge in [-0.1, -0.05) is 23.7 Å². The van der Waals surface area contributed by atoms with E-state index in [9.17, 15) is 24.3 Å². The molecular formula is C42H51ClN10O5. The number of piperazine rings is 2. The standard InChI is InChI=1S/C42H51ClN10O5/c1-25-19-48(21-27-11-13-49(14-12-27)29-8-7-28-22-51(40(57)31(28)17-29)34-9-10-36(54)45-39(34)56)20-26(2)53(25)41(58)50-15-16-52-35-18-33(30-5-4-6-32(43)37(30)55)46-47-38(35)44-23-42(52,3)24-50/h4-8,17-18,25-27,34,55H,9-16,19-24H2,1-3H3,(H,44,47)(H,45,54,56)/t25-,26-,34?,42?/m1/s1. The van der Waals surface area contributed by atoms with E-state index < -0.39 is 6.04 Å². The van der Waals surface area contributed by atoms with Gasteiger partial charge in [0.05, 0.1) is 21.9 Å². The zero-order chi connectivity index (χ0) is 40.5. The Bertz CT molecular complexity index is 2150. The molecule has 0 bridgehead atoms. The normalized spacial score (nSPS) is 26.6. The van der Waals surface area contributed by atoms with Gasteiger partial charge in [-0.2, -0.15) is 0 Å². The Hall–Kier alpha value is -5.15. The van der Waals surface area contributed by atoms with Crippen LogP contribution in [0.4, 0.5) is 22.0 Å². The number of anilines is 3. The zero-order valence-electron chi connectivity index (χ0n) is 33.3. The van der Waals surface area contributed by atoms with Crippen LogP contribution in [0.5, 0.6) is 5.75 Å². The van der Waals surface area contributed by atoms with Crippen molar-refractivity contribution in [2.75, 3.05) is 74.0 Å². The van der Waals surface area contributed by atoms with Gasteiger partial charge < -0.3 is 34.9 Å². The van der Waals surface area contributed by atoms with Gasteiger partial charge in [0, 0.05) is 101 Å². The molecular weight excluding hydrogens is 760 g/mol. The van der Waals surface area contributed by atoms with Crippen molar-refractivity contribution in [3.63, 3.8) is 0 Å². The molecule has 15 nitrogen and oxygen atoms in total. The van der Waals surface area contributed by atoms with Crippen LogP contribution in [0.2, 0.25) is 5.02 Å². The largest absolute Gasteiger partial charge is 0.506 e. The van der Waals surface area contributed by atoms with Crippen molar-refractivity contribution in [1.29, 1.82) is 0 Å². The summed E-state index contributed by atoms with van der Waals surface area (Å²) in [5.74, 6) is 0.388. The van der Waals surface area contributed by atoms with Crippen LogP contribution < -0.4 is 20.4 Å². The van der Waals surface area contributed by atoms with Crippen LogP contribution in [0.3, 0.4) is 0 Å². The Labute approximate surface area is 343 Å². The molecule has 1 aromatic heterocycles. The van der Waals surface area contributed by atoms with E-state index in [2.05, 4.69) is 67.3 Å². The topological polar surface area (TPSA) is 158 Å². The third-order valence-electron chi connectivity index (χ3n) is 13.2. The summed E-state index contributed by atoms with van der Waals surface area (Å²) >= 11 is 6.20. The number of imide groups is 1. The molecule has 58 heavy (non-hydrogen) atoms. The molecule has 3 aromatic rings. The molecule has 2 aromatic carbocycles. The van der Waals surface area contributed by atoms with Crippen LogP contribution in [0.15, 0.2) is 42.5 Å². The zero-order valence-corrected chi connectivity index (χ0v) is 34.0. The average molecular weight is 811 g/mol. The molecule has 4 atom stereocenters. The average Bonchev–Trinajstić information content (AvgIpc) is 3.53. The predicted molar refractivity (Wildman–Crippen MR) is 220 cm³/mol. The SMILES string of the molecule is C[C@@H]1CN(CC2CCN(c3ccc4c(c3)C(=O)N(C3CCC(=O)NC3=O)C4)CC2)C[C@@H](C)N1C(=O)N1CCN2c3cc(-c4cccc(Cl)c4O)nnc3NCC2(C)C1. The van der Waals surface area contributed by atoms with Gasteiger partial charge in [-0.05, 0) is 81.8 Å². The number of aromatic hydroxyl groups is 1. The minimum absolute atomic E-state index is 0.0247. The number of phenols is 1. The number of hydrogen-bond donors (Lipinski definition) is 3. The molecule has 2 unspecified atom stereocenters. The van der Waals surface area contributed by atoms with Gasteiger partial charge in [-0.15, -0.1) is 10.2 Å². The second-order valence-electron chi connectivity index (χ2n) is 17.3. The van der Waals surface area contributed by atoms with Crippen molar-refractivity contribution in [3.8, 4) is 17.0 Å². The predicted octanol–water partition coefficient (Wildman–Crippen LogP) is 4.00. The Kier molecular flexibility index (Phi) is 9.86. The van der Waals surface area contributed by atoms with Crippen LogP contribution >= 0.6 is 11.6 Å². The summed E-state index contributed by atoms with van der Waals surface area (Å²) in [6, 6.07) is 12.8. The first-order chi connectivity index (χ1) is 27.9. The highest BCUT2D eigenvalue weighted by atomic mass is 35.5. The molecule has 0 radical (unpaired) electrons. The lowest BCUT2D eigenvalue weighted by Crippen LogP contribution is -2.69. The number of nitrogens with zero attached hydrogens (tertiary/aromatic N) is 8. The number of carbonyl (C=O) groups excluding carboxylic acids is 4. The van der Waals surface area contributed by atoms with Crippen molar-refractivity contribution in [1.82, 2.24) is 35.1 Å². The fourth-order valence-electron chi connectivity index (χ4n) is 10.2. The van der Waals surface area contributed by atoms with Crippen molar-refractivity contribution in [2.45, 2.75) is 76.7 Å².